The fourth-order valence-corrected chi connectivity index (χ4v) is 3.14. The molecule has 3 rings (SSSR count). The van der Waals surface area contributed by atoms with Crippen LogP contribution in [0.3, 0.4) is 0 Å². The van der Waals surface area contributed by atoms with E-state index in [9.17, 15) is 9.59 Å². The Balaban J connectivity index is 1.51. The number of hydrogen-bond acceptors (Lipinski definition) is 4. The quantitative estimate of drug-likeness (QED) is 0.799. The SMILES string of the molecule is CCOc1ccc(CC(=O)NCC2CN(c3cccc(C)c3)C(=O)CO2)cc1. The van der Waals surface area contributed by atoms with E-state index >= 15 is 0 Å². The first kappa shape index (κ1) is 19.9. The molecule has 1 atom stereocenters. The number of anilines is 1. The van der Waals surface area contributed by atoms with E-state index in [0.29, 0.717) is 26.1 Å². The van der Waals surface area contributed by atoms with Crippen molar-refractivity contribution in [3.8, 4) is 5.75 Å². The Hall–Kier alpha value is -2.86. The van der Waals surface area contributed by atoms with Crippen molar-refractivity contribution < 1.29 is 19.1 Å². The van der Waals surface area contributed by atoms with Gasteiger partial charge in [-0.1, -0.05) is 24.3 Å². The summed E-state index contributed by atoms with van der Waals surface area (Å²) in [6.45, 7) is 5.35. The molecule has 6 nitrogen and oxygen atoms in total. The smallest absolute Gasteiger partial charge is 0.253 e. The van der Waals surface area contributed by atoms with Gasteiger partial charge in [-0.2, -0.15) is 0 Å². The third-order valence-electron chi connectivity index (χ3n) is 4.57. The lowest BCUT2D eigenvalue weighted by atomic mass is 10.1. The summed E-state index contributed by atoms with van der Waals surface area (Å²) < 4.78 is 11.0. The molecule has 1 aliphatic rings. The van der Waals surface area contributed by atoms with E-state index in [1.54, 1.807) is 4.90 Å². The second-order valence-electron chi connectivity index (χ2n) is 6.83. The maximum Gasteiger partial charge on any atom is 0.253 e. The Morgan fingerprint density at radius 3 is 2.75 bits per heavy atom. The summed E-state index contributed by atoms with van der Waals surface area (Å²) >= 11 is 0. The van der Waals surface area contributed by atoms with Crippen molar-refractivity contribution in [1.82, 2.24) is 5.32 Å². The molecule has 0 saturated carbocycles. The van der Waals surface area contributed by atoms with Gasteiger partial charge in [0.2, 0.25) is 5.91 Å². The van der Waals surface area contributed by atoms with Crippen LogP contribution in [0.1, 0.15) is 18.1 Å². The molecule has 0 bridgehead atoms. The number of ether oxygens (including phenoxy) is 2. The third kappa shape index (κ3) is 5.33. The van der Waals surface area contributed by atoms with Crippen LogP contribution in [0.15, 0.2) is 48.5 Å². The number of aryl methyl sites for hydroxylation is 1. The van der Waals surface area contributed by atoms with Gasteiger partial charge in [0.05, 0.1) is 25.7 Å². The van der Waals surface area contributed by atoms with E-state index in [2.05, 4.69) is 5.32 Å². The van der Waals surface area contributed by atoms with Crippen LogP contribution in [0.25, 0.3) is 0 Å². The number of nitrogens with one attached hydrogen (secondary N) is 1. The number of morpholine rings is 1. The van der Waals surface area contributed by atoms with Crippen molar-refractivity contribution in [2.75, 3.05) is 31.2 Å². The van der Waals surface area contributed by atoms with Crippen molar-refractivity contribution in [3.05, 3.63) is 59.7 Å². The van der Waals surface area contributed by atoms with Gasteiger partial charge in [0.15, 0.2) is 0 Å². The molecule has 2 amide bonds. The summed E-state index contributed by atoms with van der Waals surface area (Å²) in [6, 6.07) is 15.3. The molecule has 1 heterocycles. The lowest BCUT2D eigenvalue weighted by molar-refractivity contribution is -0.129. The highest BCUT2D eigenvalue weighted by atomic mass is 16.5. The molecule has 1 unspecified atom stereocenters. The molecule has 2 aromatic rings. The van der Waals surface area contributed by atoms with E-state index in [0.717, 1.165) is 22.6 Å². The van der Waals surface area contributed by atoms with Crippen LogP contribution < -0.4 is 15.0 Å². The number of amides is 2. The van der Waals surface area contributed by atoms with E-state index in [1.165, 1.54) is 0 Å². The average Bonchev–Trinajstić information content (AvgIpc) is 2.69. The van der Waals surface area contributed by atoms with Crippen LogP contribution in [0, 0.1) is 6.92 Å². The average molecular weight is 382 g/mol. The maximum atomic E-state index is 12.2. The van der Waals surface area contributed by atoms with Crippen molar-refractivity contribution in [2.24, 2.45) is 0 Å². The van der Waals surface area contributed by atoms with Crippen molar-refractivity contribution in [3.63, 3.8) is 0 Å². The molecule has 6 heteroatoms. The summed E-state index contributed by atoms with van der Waals surface area (Å²) in [5.74, 6) is 0.650. The number of carbonyl (C=O) groups is 2. The molecule has 0 radical (unpaired) electrons. The minimum absolute atomic E-state index is 0.0212. The Kier molecular flexibility index (Phi) is 6.66. The Morgan fingerprint density at radius 1 is 1.25 bits per heavy atom. The summed E-state index contributed by atoms with van der Waals surface area (Å²) in [4.78, 5) is 26.2. The minimum atomic E-state index is -0.234. The highest BCUT2D eigenvalue weighted by Gasteiger charge is 2.27. The van der Waals surface area contributed by atoms with E-state index in [1.807, 2.05) is 62.4 Å². The van der Waals surface area contributed by atoms with Crippen LogP contribution >= 0.6 is 0 Å². The van der Waals surface area contributed by atoms with Gasteiger partial charge in [-0.15, -0.1) is 0 Å². The monoisotopic (exact) mass is 382 g/mol. The zero-order valence-corrected chi connectivity index (χ0v) is 16.3. The third-order valence-corrected chi connectivity index (χ3v) is 4.57. The maximum absolute atomic E-state index is 12.2. The van der Waals surface area contributed by atoms with Crippen LogP contribution in [-0.4, -0.2) is 44.2 Å². The first-order valence-electron chi connectivity index (χ1n) is 9.52. The predicted octanol–water partition coefficient (Wildman–Crippen LogP) is 2.48. The van der Waals surface area contributed by atoms with Gasteiger partial charge in [-0.3, -0.25) is 9.59 Å². The first-order valence-corrected chi connectivity index (χ1v) is 9.52. The van der Waals surface area contributed by atoms with Gasteiger partial charge in [0.25, 0.3) is 5.91 Å². The van der Waals surface area contributed by atoms with Crippen molar-refractivity contribution in [2.45, 2.75) is 26.4 Å². The molecule has 0 aliphatic carbocycles. The fourth-order valence-electron chi connectivity index (χ4n) is 3.14. The van der Waals surface area contributed by atoms with Gasteiger partial charge in [0, 0.05) is 12.2 Å². The lowest BCUT2D eigenvalue weighted by Crippen LogP contribution is -2.50. The van der Waals surface area contributed by atoms with Gasteiger partial charge in [0.1, 0.15) is 12.4 Å². The molecular formula is C22H26N2O4. The minimum Gasteiger partial charge on any atom is -0.494 e. The van der Waals surface area contributed by atoms with Gasteiger partial charge < -0.3 is 19.7 Å². The summed E-state index contributed by atoms with van der Waals surface area (Å²) in [6.07, 6.45) is 0.0575. The summed E-state index contributed by atoms with van der Waals surface area (Å²) in [5, 5.41) is 2.91. The predicted molar refractivity (Wildman–Crippen MR) is 108 cm³/mol. The second kappa shape index (κ2) is 9.37. The number of benzene rings is 2. The molecule has 28 heavy (non-hydrogen) atoms. The van der Waals surface area contributed by atoms with E-state index < -0.39 is 0 Å². The Morgan fingerprint density at radius 2 is 2.04 bits per heavy atom. The molecule has 1 aliphatic heterocycles. The van der Waals surface area contributed by atoms with Crippen LogP contribution in [0.2, 0.25) is 0 Å². The first-order chi connectivity index (χ1) is 13.5. The molecule has 1 fully saturated rings. The van der Waals surface area contributed by atoms with Gasteiger partial charge >= 0.3 is 0 Å². The molecule has 2 aromatic carbocycles. The topological polar surface area (TPSA) is 67.9 Å². The van der Waals surface area contributed by atoms with Gasteiger partial charge in [-0.25, -0.2) is 0 Å². The van der Waals surface area contributed by atoms with Crippen molar-refractivity contribution in [1.29, 1.82) is 0 Å². The molecule has 1 saturated heterocycles. The molecule has 1 N–H and O–H groups in total. The molecule has 0 aromatic heterocycles. The highest BCUT2D eigenvalue weighted by molar-refractivity contribution is 5.95. The molecule has 0 spiro atoms. The zero-order chi connectivity index (χ0) is 19.9. The summed E-state index contributed by atoms with van der Waals surface area (Å²) in [5.41, 5.74) is 2.87. The largest absolute Gasteiger partial charge is 0.494 e. The van der Waals surface area contributed by atoms with Crippen LogP contribution in [0.5, 0.6) is 5.75 Å². The Bertz CT molecular complexity index is 820. The second-order valence-corrected chi connectivity index (χ2v) is 6.83. The standard InChI is InChI=1S/C22H26N2O4/c1-3-27-19-9-7-17(8-10-19)12-21(25)23-13-20-14-24(22(26)15-28-20)18-6-4-5-16(2)11-18/h4-11,20H,3,12-15H2,1-2H3,(H,23,25). The lowest BCUT2D eigenvalue weighted by Gasteiger charge is -2.33. The summed E-state index contributed by atoms with van der Waals surface area (Å²) in [7, 11) is 0. The normalized spacial score (nSPS) is 16.7. The zero-order valence-electron chi connectivity index (χ0n) is 16.3. The number of carbonyl (C=O) groups excluding carboxylic acids is 2. The van der Waals surface area contributed by atoms with Crippen LogP contribution in [-0.2, 0) is 20.7 Å². The van der Waals surface area contributed by atoms with Crippen molar-refractivity contribution >= 4 is 17.5 Å². The Labute approximate surface area is 165 Å². The number of nitrogens with zero attached hydrogens (tertiary/aromatic N) is 1. The van der Waals surface area contributed by atoms with Crippen LogP contribution in [0.4, 0.5) is 5.69 Å². The van der Waals surface area contributed by atoms with E-state index in [4.69, 9.17) is 9.47 Å². The fraction of sp³-hybridized carbons (Fsp3) is 0.364. The van der Waals surface area contributed by atoms with E-state index in [-0.39, 0.29) is 24.5 Å². The van der Waals surface area contributed by atoms with Gasteiger partial charge in [-0.05, 0) is 49.2 Å². The number of rotatable bonds is 7. The number of hydrogen-bond donors (Lipinski definition) is 1. The molecule has 148 valence electrons. The highest BCUT2D eigenvalue weighted by Crippen LogP contribution is 2.19. The molecular weight excluding hydrogens is 356 g/mol.